The molecule has 0 spiro atoms. The second kappa shape index (κ2) is 6.55. The van der Waals surface area contributed by atoms with E-state index in [1.165, 1.54) is 4.57 Å². The molecule has 0 saturated carbocycles. The summed E-state index contributed by atoms with van der Waals surface area (Å²) >= 11 is 0. The number of fused-ring (bicyclic) bond motifs is 2. The second-order valence-electron chi connectivity index (χ2n) is 6.21. The van der Waals surface area contributed by atoms with Crippen LogP contribution in [-0.2, 0) is 11.3 Å². The fourth-order valence-electron chi connectivity index (χ4n) is 3.04. The number of aromatic nitrogens is 1. The maximum atomic E-state index is 12.3. The summed E-state index contributed by atoms with van der Waals surface area (Å²) in [5.41, 5.74) is 2.00. The molecule has 6 heteroatoms. The van der Waals surface area contributed by atoms with Gasteiger partial charge in [0.1, 0.15) is 11.3 Å². The Kier molecular flexibility index (Phi) is 4.08. The van der Waals surface area contributed by atoms with Crippen LogP contribution in [0.3, 0.4) is 0 Å². The third kappa shape index (κ3) is 3.01. The number of nitrogens with one attached hydrogen (secondary N) is 1. The van der Waals surface area contributed by atoms with Crippen molar-refractivity contribution in [2.45, 2.75) is 25.9 Å². The summed E-state index contributed by atoms with van der Waals surface area (Å²) in [6, 6.07) is 16.5. The van der Waals surface area contributed by atoms with Gasteiger partial charge in [0.15, 0.2) is 5.58 Å². The van der Waals surface area contributed by atoms with Gasteiger partial charge in [0.05, 0.1) is 11.6 Å². The van der Waals surface area contributed by atoms with Crippen molar-refractivity contribution in [2.24, 2.45) is 0 Å². The maximum absolute atomic E-state index is 12.3. The van der Waals surface area contributed by atoms with Crippen molar-refractivity contribution in [1.29, 1.82) is 0 Å². The number of carbonyl (C=O) groups excluding carboxylic acids is 1. The molecule has 1 N–H and O–H groups in total. The molecule has 132 valence electrons. The van der Waals surface area contributed by atoms with Gasteiger partial charge in [-0.1, -0.05) is 30.3 Å². The highest BCUT2D eigenvalue weighted by Gasteiger charge is 2.15. The molecule has 1 unspecified atom stereocenters. The van der Waals surface area contributed by atoms with Crippen molar-refractivity contribution in [3.63, 3.8) is 0 Å². The lowest BCUT2D eigenvalue weighted by Crippen LogP contribution is -2.28. The van der Waals surface area contributed by atoms with E-state index in [-0.39, 0.29) is 24.9 Å². The molecule has 0 fully saturated rings. The molecule has 2 aromatic heterocycles. The number of carbonyl (C=O) groups is 1. The molecule has 0 aliphatic heterocycles. The predicted molar refractivity (Wildman–Crippen MR) is 97.9 cm³/mol. The first-order chi connectivity index (χ1) is 12.6. The highest BCUT2D eigenvalue weighted by atomic mass is 16.4. The number of benzene rings is 2. The molecule has 4 aromatic rings. The summed E-state index contributed by atoms with van der Waals surface area (Å²) in [6.07, 6.45) is 0.175. The van der Waals surface area contributed by atoms with Crippen LogP contribution in [0.5, 0.6) is 0 Å². The molecule has 0 bridgehead atoms. The summed E-state index contributed by atoms with van der Waals surface area (Å²) in [5.74, 6) is 0.0879. The Morgan fingerprint density at radius 1 is 1.08 bits per heavy atom. The van der Waals surface area contributed by atoms with Crippen LogP contribution in [0.1, 0.15) is 25.1 Å². The average molecular weight is 350 g/mol. The van der Waals surface area contributed by atoms with Crippen LogP contribution in [0.4, 0.5) is 0 Å². The SMILES string of the molecule is CC(NC(=O)CCn1c(=O)oc2ccccc21)c1cc2ccccc2o1. The summed E-state index contributed by atoms with van der Waals surface area (Å²) < 4.78 is 12.4. The Balaban J connectivity index is 1.43. The molecule has 26 heavy (non-hydrogen) atoms. The number of aryl methyl sites for hydroxylation is 1. The number of hydrogen-bond acceptors (Lipinski definition) is 4. The Morgan fingerprint density at radius 2 is 1.81 bits per heavy atom. The van der Waals surface area contributed by atoms with Crippen molar-refractivity contribution in [2.75, 3.05) is 0 Å². The molecule has 0 radical (unpaired) electrons. The Morgan fingerprint density at radius 3 is 2.62 bits per heavy atom. The largest absolute Gasteiger partial charge is 0.459 e. The molecular weight excluding hydrogens is 332 g/mol. The molecule has 1 amide bonds. The van der Waals surface area contributed by atoms with Gasteiger partial charge in [-0.25, -0.2) is 4.79 Å². The minimum atomic E-state index is -0.454. The van der Waals surface area contributed by atoms with Crippen molar-refractivity contribution < 1.29 is 13.6 Å². The maximum Gasteiger partial charge on any atom is 0.419 e. The third-order valence-electron chi connectivity index (χ3n) is 4.39. The molecule has 6 nitrogen and oxygen atoms in total. The minimum Gasteiger partial charge on any atom is -0.459 e. The molecule has 0 aliphatic carbocycles. The lowest BCUT2D eigenvalue weighted by Gasteiger charge is -2.11. The van der Waals surface area contributed by atoms with Gasteiger partial charge in [-0.05, 0) is 31.2 Å². The second-order valence-corrected chi connectivity index (χ2v) is 6.21. The van der Waals surface area contributed by atoms with E-state index in [9.17, 15) is 9.59 Å². The smallest absolute Gasteiger partial charge is 0.419 e. The number of oxazole rings is 1. The van der Waals surface area contributed by atoms with Crippen LogP contribution in [0.2, 0.25) is 0 Å². The fourth-order valence-corrected chi connectivity index (χ4v) is 3.04. The van der Waals surface area contributed by atoms with Crippen LogP contribution in [-0.4, -0.2) is 10.5 Å². The van der Waals surface area contributed by atoms with Gasteiger partial charge in [0.2, 0.25) is 5.91 Å². The van der Waals surface area contributed by atoms with E-state index in [1.807, 2.05) is 43.3 Å². The van der Waals surface area contributed by atoms with E-state index in [4.69, 9.17) is 8.83 Å². The van der Waals surface area contributed by atoms with Crippen LogP contribution in [0.25, 0.3) is 22.1 Å². The number of rotatable bonds is 5. The van der Waals surface area contributed by atoms with Gasteiger partial charge in [-0.15, -0.1) is 0 Å². The van der Waals surface area contributed by atoms with Crippen molar-refractivity contribution in [3.8, 4) is 0 Å². The van der Waals surface area contributed by atoms with Crippen molar-refractivity contribution in [1.82, 2.24) is 9.88 Å². The van der Waals surface area contributed by atoms with Gasteiger partial charge in [-0.3, -0.25) is 9.36 Å². The Hall–Kier alpha value is -3.28. The van der Waals surface area contributed by atoms with E-state index in [1.54, 1.807) is 18.2 Å². The van der Waals surface area contributed by atoms with E-state index in [0.29, 0.717) is 16.9 Å². The summed E-state index contributed by atoms with van der Waals surface area (Å²) in [7, 11) is 0. The van der Waals surface area contributed by atoms with Crippen LogP contribution < -0.4 is 11.1 Å². The lowest BCUT2D eigenvalue weighted by molar-refractivity contribution is -0.122. The molecule has 2 aromatic carbocycles. The van der Waals surface area contributed by atoms with E-state index in [2.05, 4.69) is 5.32 Å². The molecule has 2 heterocycles. The first-order valence-electron chi connectivity index (χ1n) is 8.48. The Labute approximate surface area is 149 Å². The number of para-hydroxylation sites is 3. The topological polar surface area (TPSA) is 77.4 Å². The number of amides is 1. The minimum absolute atomic E-state index is 0.157. The van der Waals surface area contributed by atoms with Crippen molar-refractivity contribution >= 4 is 28.0 Å². The summed E-state index contributed by atoms with van der Waals surface area (Å²) in [4.78, 5) is 24.2. The predicted octanol–water partition coefficient (Wildman–Crippen LogP) is 3.61. The summed E-state index contributed by atoms with van der Waals surface area (Å²) in [6.45, 7) is 2.13. The summed E-state index contributed by atoms with van der Waals surface area (Å²) in [5, 5.41) is 3.91. The highest BCUT2D eigenvalue weighted by Crippen LogP contribution is 2.23. The van der Waals surface area contributed by atoms with Gasteiger partial charge in [-0.2, -0.15) is 0 Å². The standard InChI is InChI=1S/C20H18N2O4/c1-13(18-12-14-6-2-4-8-16(14)25-18)21-19(23)10-11-22-15-7-3-5-9-17(15)26-20(22)24/h2-9,12-13H,10-11H2,1H3,(H,21,23). The van der Waals surface area contributed by atoms with E-state index < -0.39 is 5.76 Å². The zero-order valence-corrected chi connectivity index (χ0v) is 14.3. The Bertz CT molecular complexity index is 1100. The molecule has 0 saturated heterocycles. The van der Waals surface area contributed by atoms with Gasteiger partial charge >= 0.3 is 5.76 Å². The molecule has 0 aliphatic rings. The van der Waals surface area contributed by atoms with Gasteiger partial charge in [0.25, 0.3) is 0 Å². The van der Waals surface area contributed by atoms with Crippen LogP contribution >= 0.6 is 0 Å². The molecule has 1 atom stereocenters. The first-order valence-corrected chi connectivity index (χ1v) is 8.48. The normalized spacial score (nSPS) is 12.5. The third-order valence-corrected chi connectivity index (χ3v) is 4.39. The van der Waals surface area contributed by atoms with Crippen LogP contribution in [0.15, 0.2) is 68.2 Å². The fraction of sp³-hybridized carbons (Fsp3) is 0.200. The van der Waals surface area contributed by atoms with E-state index >= 15 is 0 Å². The van der Waals surface area contributed by atoms with Gasteiger partial charge in [0, 0.05) is 18.4 Å². The monoisotopic (exact) mass is 350 g/mol. The highest BCUT2D eigenvalue weighted by molar-refractivity contribution is 5.79. The van der Waals surface area contributed by atoms with Gasteiger partial charge < -0.3 is 14.2 Å². The quantitative estimate of drug-likeness (QED) is 0.596. The lowest BCUT2D eigenvalue weighted by atomic mass is 10.2. The number of hydrogen-bond donors (Lipinski definition) is 1. The average Bonchev–Trinajstić information content (AvgIpc) is 3.20. The number of nitrogens with zero attached hydrogens (tertiary/aromatic N) is 1. The molecule has 4 rings (SSSR count). The zero-order valence-electron chi connectivity index (χ0n) is 14.3. The van der Waals surface area contributed by atoms with E-state index in [0.717, 1.165) is 11.0 Å². The number of furan rings is 1. The van der Waals surface area contributed by atoms with Crippen LogP contribution in [0, 0.1) is 0 Å². The van der Waals surface area contributed by atoms with Crippen molar-refractivity contribution in [3.05, 3.63) is 70.9 Å². The first kappa shape index (κ1) is 16.2. The zero-order chi connectivity index (χ0) is 18.1. The molecular formula is C20H18N2O4.